The van der Waals surface area contributed by atoms with Gasteiger partial charge in [-0.15, -0.1) is 0 Å². The first-order chi connectivity index (χ1) is 7.92. The molecule has 0 radical (unpaired) electrons. The van der Waals surface area contributed by atoms with Crippen molar-refractivity contribution in [3.63, 3.8) is 0 Å². The molecule has 1 aliphatic heterocycles. The van der Waals surface area contributed by atoms with E-state index in [1.165, 1.54) is 16.7 Å². The van der Waals surface area contributed by atoms with Crippen molar-refractivity contribution >= 4 is 11.8 Å². The molecule has 84 valence electrons. The third kappa shape index (κ3) is 2.58. The molecule has 0 amide bonds. The lowest BCUT2D eigenvalue weighted by Gasteiger charge is -2.18. The first kappa shape index (κ1) is 11.1. The average Bonchev–Trinajstić information content (AvgIpc) is 2.38. The summed E-state index contributed by atoms with van der Waals surface area (Å²) in [5.41, 5.74) is 3.99. The maximum absolute atomic E-state index is 5.39. The van der Waals surface area contributed by atoms with Crippen LogP contribution in [-0.4, -0.2) is 26.5 Å². The molecule has 1 aromatic carbocycles. The van der Waals surface area contributed by atoms with Gasteiger partial charge in [0, 0.05) is 13.3 Å². The lowest BCUT2D eigenvalue weighted by molar-refractivity contribution is 0.119. The molecule has 0 saturated carbocycles. The Morgan fingerprint density at radius 2 is 1.88 bits per heavy atom. The largest absolute Gasteiger partial charge is 0.381 e. The van der Waals surface area contributed by atoms with E-state index in [1.54, 1.807) is 0 Å². The molecule has 1 aliphatic rings. The highest BCUT2D eigenvalue weighted by atomic mass is 16.5. The molecule has 2 heteroatoms. The topological polar surface area (TPSA) is 21.6 Å². The van der Waals surface area contributed by atoms with Gasteiger partial charge in [0.25, 0.3) is 0 Å². The Labute approximate surface area is 96.7 Å². The number of allylic oxidation sites excluding steroid dienone is 1. The van der Waals surface area contributed by atoms with Crippen LogP contribution in [-0.2, 0) is 4.74 Å². The minimum absolute atomic E-state index is 0.837. The fourth-order valence-electron chi connectivity index (χ4n) is 2.00. The van der Waals surface area contributed by atoms with Crippen molar-refractivity contribution in [3.8, 4) is 0 Å². The number of rotatable bonds is 2. The van der Waals surface area contributed by atoms with Crippen molar-refractivity contribution in [2.24, 2.45) is 4.99 Å². The van der Waals surface area contributed by atoms with Gasteiger partial charge in [-0.05, 0) is 24.0 Å². The highest BCUT2D eigenvalue weighted by Gasteiger charge is 2.11. The SMILES string of the molecule is CN=CC(=C1CCOCC1)c1ccccc1. The lowest BCUT2D eigenvalue weighted by Crippen LogP contribution is -2.09. The van der Waals surface area contributed by atoms with Gasteiger partial charge < -0.3 is 4.74 Å². The van der Waals surface area contributed by atoms with E-state index in [-0.39, 0.29) is 0 Å². The molecule has 0 atom stereocenters. The average molecular weight is 215 g/mol. The van der Waals surface area contributed by atoms with Crippen LogP contribution >= 0.6 is 0 Å². The standard InChI is InChI=1S/C14H17NO/c1-15-11-14(12-5-3-2-4-6-12)13-7-9-16-10-8-13/h2-6,11H,7-10H2,1H3. The predicted molar refractivity (Wildman–Crippen MR) is 67.8 cm³/mol. The fourth-order valence-corrected chi connectivity index (χ4v) is 2.00. The second kappa shape index (κ2) is 5.61. The van der Waals surface area contributed by atoms with Gasteiger partial charge >= 0.3 is 0 Å². The minimum Gasteiger partial charge on any atom is -0.381 e. The van der Waals surface area contributed by atoms with Crippen molar-refractivity contribution in [1.82, 2.24) is 0 Å². The van der Waals surface area contributed by atoms with Gasteiger partial charge in [0.15, 0.2) is 0 Å². The van der Waals surface area contributed by atoms with Crippen molar-refractivity contribution < 1.29 is 4.74 Å². The number of aliphatic imine (C=N–C) groups is 1. The summed E-state index contributed by atoms with van der Waals surface area (Å²) in [4.78, 5) is 4.16. The Morgan fingerprint density at radius 1 is 1.19 bits per heavy atom. The second-order valence-corrected chi connectivity index (χ2v) is 3.88. The quantitative estimate of drug-likeness (QED) is 0.695. The van der Waals surface area contributed by atoms with Gasteiger partial charge in [-0.25, -0.2) is 0 Å². The third-order valence-electron chi connectivity index (χ3n) is 2.82. The Balaban J connectivity index is 2.36. The smallest absolute Gasteiger partial charge is 0.0503 e. The molecule has 0 unspecified atom stereocenters. The van der Waals surface area contributed by atoms with Gasteiger partial charge in [-0.3, -0.25) is 4.99 Å². The lowest BCUT2D eigenvalue weighted by atomic mass is 9.96. The van der Waals surface area contributed by atoms with Crippen molar-refractivity contribution in [2.75, 3.05) is 20.3 Å². The molecule has 0 aromatic heterocycles. The summed E-state index contributed by atoms with van der Waals surface area (Å²) in [5.74, 6) is 0. The molecule has 1 heterocycles. The van der Waals surface area contributed by atoms with Crippen LogP contribution in [0.1, 0.15) is 18.4 Å². The second-order valence-electron chi connectivity index (χ2n) is 3.88. The number of ether oxygens (including phenoxy) is 1. The molecule has 1 fully saturated rings. The molecule has 16 heavy (non-hydrogen) atoms. The predicted octanol–water partition coefficient (Wildman–Crippen LogP) is 2.95. The van der Waals surface area contributed by atoms with Gasteiger partial charge in [0.2, 0.25) is 0 Å². The van der Waals surface area contributed by atoms with Crippen LogP contribution < -0.4 is 0 Å². The highest BCUT2D eigenvalue weighted by Crippen LogP contribution is 2.24. The zero-order chi connectivity index (χ0) is 11.2. The number of hydrogen-bond donors (Lipinski definition) is 0. The summed E-state index contributed by atoms with van der Waals surface area (Å²) in [5, 5.41) is 0. The van der Waals surface area contributed by atoms with Crippen LogP contribution in [0.2, 0.25) is 0 Å². The molecule has 2 nitrogen and oxygen atoms in total. The molecule has 1 aromatic rings. The summed E-state index contributed by atoms with van der Waals surface area (Å²) >= 11 is 0. The summed E-state index contributed by atoms with van der Waals surface area (Å²) in [6, 6.07) is 10.5. The van der Waals surface area contributed by atoms with Gasteiger partial charge in [-0.1, -0.05) is 35.9 Å². The van der Waals surface area contributed by atoms with Crippen LogP contribution in [0.15, 0.2) is 40.9 Å². The molecule has 0 spiro atoms. The first-order valence-electron chi connectivity index (χ1n) is 5.69. The zero-order valence-corrected chi connectivity index (χ0v) is 9.65. The molecule has 0 bridgehead atoms. The van der Waals surface area contributed by atoms with Crippen LogP contribution in [0.4, 0.5) is 0 Å². The molecule has 0 N–H and O–H groups in total. The van der Waals surface area contributed by atoms with Crippen LogP contribution in [0.25, 0.3) is 5.57 Å². The molecule has 2 rings (SSSR count). The Kier molecular flexibility index (Phi) is 3.89. The zero-order valence-electron chi connectivity index (χ0n) is 9.65. The van der Waals surface area contributed by atoms with Crippen LogP contribution in [0.5, 0.6) is 0 Å². The molecule has 1 saturated heterocycles. The number of nitrogens with zero attached hydrogens (tertiary/aromatic N) is 1. The van der Waals surface area contributed by atoms with Crippen molar-refractivity contribution in [1.29, 1.82) is 0 Å². The van der Waals surface area contributed by atoms with E-state index in [9.17, 15) is 0 Å². The van der Waals surface area contributed by atoms with Crippen LogP contribution in [0.3, 0.4) is 0 Å². The summed E-state index contributed by atoms with van der Waals surface area (Å²) in [7, 11) is 1.82. The third-order valence-corrected chi connectivity index (χ3v) is 2.82. The Hall–Kier alpha value is -1.41. The normalized spacial score (nSPS) is 16.7. The minimum atomic E-state index is 0.837. The molecule has 0 aliphatic carbocycles. The van der Waals surface area contributed by atoms with E-state index >= 15 is 0 Å². The summed E-state index contributed by atoms with van der Waals surface area (Å²) in [6.07, 6.45) is 4.02. The van der Waals surface area contributed by atoms with E-state index in [0.717, 1.165) is 26.1 Å². The van der Waals surface area contributed by atoms with Crippen LogP contribution in [0, 0.1) is 0 Å². The van der Waals surface area contributed by atoms with Gasteiger partial charge in [0.05, 0.1) is 13.2 Å². The summed E-state index contributed by atoms with van der Waals surface area (Å²) in [6.45, 7) is 1.67. The number of hydrogen-bond acceptors (Lipinski definition) is 2. The Bertz CT molecular complexity index is 384. The monoisotopic (exact) mass is 215 g/mol. The van der Waals surface area contributed by atoms with E-state index in [1.807, 2.05) is 19.3 Å². The maximum atomic E-state index is 5.39. The number of benzene rings is 1. The first-order valence-corrected chi connectivity index (χ1v) is 5.69. The van der Waals surface area contributed by atoms with Crippen molar-refractivity contribution in [3.05, 3.63) is 41.5 Å². The van der Waals surface area contributed by atoms with Crippen molar-refractivity contribution in [2.45, 2.75) is 12.8 Å². The Morgan fingerprint density at radius 3 is 2.50 bits per heavy atom. The van der Waals surface area contributed by atoms with E-state index in [4.69, 9.17) is 4.74 Å². The highest BCUT2D eigenvalue weighted by molar-refractivity contribution is 6.11. The molecular formula is C14H17NO. The molecular weight excluding hydrogens is 198 g/mol. The van der Waals surface area contributed by atoms with Gasteiger partial charge in [0.1, 0.15) is 0 Å². The van der Waals surface area contributed by atoms with Gasteiger partial charge in [-0.2, -0.15) is 0 Å². The van der Waals surface area contributed by atoms with E-state index in [0.29, 0.717) is 0 Å². The summed E-state index contributed by atoms with van der Waals surface area (Å²) < 4.78 is 5.39. The van der Waals surface area contributed by atoms with E-state index in [2.05, 4.69) is 29.3 Å². The van der Waals surface area contributed by atoms with E-state index < -0.39 is 0 Å². The fraction of sp³-hybridized carbons (Fsp3) is 0.357. The maximum Gasteiger partial charge on any atom is 0.0503 e.